The summed E-state index contributed by atoms with van der Waals surface area (Å²) in [6.07, 6.45) is 0.996. The van der Waals surface area contributed by atoms with Crippen LogP contribution in [0.4, 0.5) is 0 Å². The maximum absolute atomic E-state index is 12.4. The normalized spacial score (nSPS) is 17.4. The number of nitrogens with one attached hydrogen (secondary N) is 1. The molecule has 1 aliphatic rings. The number of benzene rings is 1. The summed E-state index contributed by atoms with van der Waals surface area (Å²) in [6, 6.07) is 7.56. The molecule has 1 N–H and O–H groups in total. The maximum atomic E-state index is 12.4. The van der Waals surface area contributed by atoms with Crippen molar-refractivity contribution in [2.75, 3.05) is 32.8 Å². The Kier molecular flexibility index (Phi) is 6.59. The molecule has 0 aliphatic carbocycles. The van der Waals surface area contributed by atoms with Crippen molar-refractivity contribution >= 4 is 11.8 Å². The molecule has 0 unspecified atom stereocenters. The van der Waals surface area contributed by atoms with E-state index in [0.717, 1.165) is 19.6 Å². The van der Waals surface area contributed by atoms with Gasteiger partial charge in [-0.05, 0) is 36.5 Å². The highest BCUT2D eigenvalue weighted by Crippen LogP contribution is 2.22. The third-order valence-electron chi connectivity index (χ3n) is 4.65. The van der Waals surface area contributed by atoms with Gasteiger partial charge in [0.05, 0.1) is 13.2 Å². The Morgan fingerprint density at radius 1 is 1.24 bits per heavy atom. The van der Waals surface area contributed by atoms with Crippen molar-refractivity contribution < 1.29 is 14.3 Å². The zero-order chi connectivity index (χ0) is 18.4. The zero-order valence-electron chi connectivity index (χ0n) is 15.8. The van der Waals surface area contributed by atoms with Crippen LogP contribution >= 0.6 is 0 Å². The average molecular weight is 346 g/mol. The van der Waals surface area contributed by atoms with Crippen LogP contribution in [0.15, 0.2) is 24.3 Å². The molecule has 1 fully saturated rings. The number of carbonyl (C=O) groups is 2. The number of rotatable bonds is 6. The van der Waals surface area contributed by atoms with Gasteiger partial charge < -0.3 is 15.0 Å². The first-order valence-electron chi connectivity index (χ1n) is 9.05. The Morgan fingerprint density at radius 3 is 2.44 bits per heavy atom. The van der Waals surface area contributed by atoms with Crippen LogP contribution in [0.3, 0.4) is 0 Å². The molecule has 25 heavy (non-hydrogen) atoms. The van der Waals surface area contributed by atoms with E-state index in [1.165, 1.54) is 5.56 Å². The third-order valence-corrected chi connectivity index (χ3v) is 4.65. The summed E-state index contributed by atoms with van der Waals surface area (Å²) in [5, 5.41) is 2.74. The highest BCUT2D eigenvalue weighted by molar-refractivity contribution is 5.96. The third kappa shape index (κ3) is 5.56. The monoisotopic (exact) mass is 346 g/mol. The van der Waals surface area contributed by atoms with E-state index in [4.69, 9.17) is 4.74 Å². The van der Waals surface area contributed by atoms with Crippen LogP contribution in [0, 0.1) is 5.92 Å². The van der Waals surface area contributed by atoms with Crippen LogP contribution < -0.4 is 5.32 Å². The minimum Gasteiger partial charge on any atom is -0.381 e. The van der Waals surface area contributed by atoms with E-state index < -0.39 is 0 Å². The molecule has 2 amide bonds. The predicted octanol–water partition coefficient (Wildman–Crippen LogP) is 2.60. The quantitative estimate of drug-likeness (QED) is 0.861. The standard InChI is InChI=1S/C20H30N2O3/c1-5-22(13-15-10-11-25-14-15)18(23)12-21-19(24)16-6-8-17(9-7-16)20(2,3)4/h6-9,15H,5,10-14H2,1-4H3,(H,21,24)/t15-/m0/s1. The highest BCUT2D eigenvalue weighted by atomic mass is 16.5. The maximum Gasteiger partial charge on any atom is 0.251 e. The van der Waals surface area contributed by atoms with Gasteiger partial charge in [0.15, 0.2) is 0 Å². The number of nitrogens with zero attached hydrogens (tertiary/aromatic N) is 1. The molecule has 0 aromatic heterocycles. The Labute approximate surface area is 150 Å². The number of ether oxygens (including phenoxy) is 1. The molecule has 1 aromatic rings. The first-order valence-corrected chi connectivity index (χ1v) is 9.05. The number of amides is 2. The smallest absolute Gasteiger partial charge is 0.251 e. The second-order valence-corrected chi connectivity index (χ2v) is 7.67. The Bertz CT molecular complexity index is 584. The van der Waals surface area contributed by atoms with Crippen molar-refractivity contribution in [2.24, 2.45) is 5.92 Å². The number of carbonyl (C=O) groups excluding carboxylic acids is 2. The molecule has 138 valence electrons. The lowest BCUT2D eigenvalue weighted by molar-refractivity contribution is -0.130. The van der Waals surface area contributed by atoms with Gasteiger partial charge in [0.25, 0.3) is 5.91 Å². The number of likely N-dealkylation sites (N-methyl/N-ethyl adjacent to an activating group) is 1. The van der Waals surface area contributed by atoms with Gasteiger partial charge in [-0.15, -0.1) is 0 Å². The summed E-state index contributed by atoms with van der Waals surface area (Å²) in [6.45, 7) is 11.2. The average Bonchev–Trinajstić information content (AvgIpc) is 3.09. The van der Waals surface area contributed by atoms with Gasteiger partial charge in [-0.3, -0.25) is 9.59 Å². The molecule has 1 aromatic carbocycles. The lowest BCUT2D eigenvalue weighted by atomic mass is 9.87. The molecular weight excluding hydrogens is 316 g/mol. The molecule has 0 spiro atoms. The lowest BCUT2D eigenvalue weighted by Crippen LogP contribution is -2.42. The van der Waals surface area contributed by atoms with Gasteiger partial charge in [-0.25, -0.2) is 0 Å². The molecule has 1 saturated heterocycles. The Hall–Kier alpha value is -1.88. The molecular formula is C20H30N2O3. The first kappa shape index (κ1) is 19.4. The van der Waals surface area contributed by atoms with E-state index in [1.807, 2.05) is 31.2 Å². The fourth-order valence-corrected chi connectivity index (χ4v) is 2.94. The second-order valence-electron chi connectivity index (χ2n) is 7.67. The van der Waals surface area contributed by atoms with Gasteiger partial charge in [0.1, 0.15) is 0 Å². The van der Waals surface area contributed by atoms with Crippen LogP contribution in [-0.2, 0) is 14.9 Å². The van der Waals surface area contributed by atoms with E-state index >= 15 is 0 Å². The van der Waals surface area contributed by atoms with Crippen LogP contribution in [-0.4, -0.2) is 49.6 Å². The minimum absolute atomic E-state index is 0.0290. The zero-order valence-corrected chi connectivity index (χ0v) is 15.8. The van der Waals surface area contributed by atoms with E-state index in [2.05, 4.69) is 26.1 Å². The Balaban J connectivity index is 1.86. The summed E-state index contributed by atoms with van der Waals surface area (Å²) < 4.78 is 5.36. The molecule has 1 heterocycles. The second kappa shape index (κ2) is 8.48. The van der Waals surface area contributed by atoms with Crippen molar-refractivity contribution in [2.45, 2.75) is 39.5 Å². The van der Waals surface area contributed by atoms with Crippen molar-refractivity contribution in [1.29, 1.82) is 0 Å². The van der Waals surface area contributed by atoms with Gasteiger partial charge in [0.2, 0.25) is 5.91 Å². The molecule has 5 heteroatoms. The molecule has 5 nitrogen and oxygen atoms in total. The van der Waals surface area contributed by atoms with Gasteiger partial charge >= 0.3 is 0 Å². The molecule has 0 saturated carbocycles. The molecule has 1 aliphatic heterocycles. The number of hydrogen-bond acceptors (Lipinski definition) is 3. The van der Waals surface area contributed by atoms with Crippen molar-refractivity contribution in [3.05, 3.63) is 35.4 Å². The molecule has 0 bridgehead atoms. The van der Waals surface area contributed by atoms with E-state index in [9.17, 15) is 9.59 Å². The van der Waals surface area contributed by atoms with E-state index in [0.29, 0.717) is 24.6 Å². The highest BCUT2D eigenvalue weighted by Gasteiger charge is 2.22. The summed E-state index contributed by atoms with van der Waals surface area (Å²) >= 11 is 0. The first-order chi connectivity index (χ1) is 11.8. The van der Waals surface area contributed by atoms with Gasteiger partial charge in [-0.2, -0.15) is 0 Å². The summed E-state index contributed by atoms with van der Waals surface area (Å²) in [4.78, 5) is 26.4. The minimum atomic E-state index is -0.214. The molecule has 0 radical (unpaired) electrons. The van der Waals surface area contributed by atoms with Crippen LogP contribution in [0.1, 0.15) is 50.0 Å². The number of hydrogen-bond donors (Lipinski definition) is 1. The SMILES string of the molecule is CCN(C[C@@H]1CCOC1)C(=O)CNC(=O)c1ccc(C(C)(C)C)cc1. The summed E-state index contributed by atoms with van der Waals surface area (Å²) in [5.41, 5.74) is 1.81. The van der Waals surface area contributed by atoms with Crippen LogP contribution in [0.2, 0.25) is 0 Å². The fraction of sp³-hybridized carbons (Fsp3) is 0.600. The molecule has 2 rings (SSSR count). The molecule has 1 atom stereocenters. The van der Waals surface area contributed by atoms with Crippen LogP contribution in [0.25, 0.3) is 0 Å². The predicted molar refractivity (Wildman–Crippen MR) is 98.7 cm³/mol. The van der Waals surface area contributed by atoms with Crippen molar-refractivity contribution in [3.8, 4) is 0 Å². The topological polar surface area (TPSA) is 58.6 Å². The van der Waals surface area contributed by atoms with Crippen molar-refractivity contribution in [3.63, 3.8) is 0 Å². The summed E-state index contributed by atoms with van der Waals surface area (Å²) in [5.74, 6) is 0.146. The largest absolute Gasteiger partial charge is 0.381 e. The van der Waals surface area contributed by atoms with Crippen LogP contribution in [0.5, 0.6) is 0 Å². The van der Waals surface area contributed by atoms with Crippen molar-refractivity contribution in [1.82, 2.24) is 10.2 Å². The fourth-order valence-electron chi connectivity index (χ4n) is 2.94. The van der Waals surface area contributed by atoms with E-state index in [-0.39, 0.29) is 23.8 Å². The lowest BCUT2D eigenvalue weighted by Gasteiger charge is -2.24. The Morgan fingerprint density at radius 2 is 1.92 bits per heavy atom. The summed E-state index contributed by atoms with van der Waals surface area (Å²) in [7, 11) is 0. The van der Waals surface area contributed by atoms with Gasteiger partial charge in [0, 0.05) is 31.2 Å². The van der Waals surface area contributed by atoms with E-state index in [1.54, 1.807) is 4.90 Å². The van der Waals surface area contributed by atoms with Gasteiger partial charge in [-0.1, -0.05) is 32.9 Å².